The van der Waals surface area contributed by atoms with E-state index >= 15 is 0 Å². The molecule has 0 radical (unpaired) electrons. The number of rotatable bonds is 6. The molecular weight excluding hydrogens is 346 g/mol. The van der Waals surface area contributed by atoms with Gasteiger partial charge in [-0.05, 0) is 36.3 Å². The summed E-state index contributed by atoms with van der Waals surface area (Å²) in [6.07, 6.45) is 4.23. The molecule has 1 aliphatic rings. The normalized spacial score (nSPS) is 15.8. The summed E-state index contributed by atoms with van der Waals surface area (Å²) in [5.74, 6) is -0.229. The molecule has 0 unspecified atom stereocenters. The molecule has 1 aromatic heterocycles. The molecule has 0 saturated heterocycles. The lowest BCUT2D eigenvalue weighted by Gasteiger charge is -2.13. The van der Waals surface area contributed by atoms with Crippen LogP contribution in [0.3, 0.4) is 0 Å². The predicted octanol–water partition coefficient (Wildman–Crippen LogP) is 0.169. The minimum absolute atomic E-state index is 0.104. The molecule has 136 valence electrons. The van der Waals surface area contributed by atoms with E-state index in [2.05, 4.69) is 15.6 Å². The summed E-state index contributed by atoms with van der Waals surface area (Å²) in [7, 11) is -0.666. The lowest BCUT2D eigenvalue weighted by molar-refractivity contribution is -0.127. The highest BCUT2D eigenvalue weighted by molar-refractivity contribution is 7.89. The lowest BCUT2D eigenvalue weighted by Crippen LogP contribution is -2.37. The monoisotopic (exact) mass is 367 g/mol. The molecule has 3 rings (SSSR count). The molecule has 1 saturated carbocycles. The van der Waals surface area contributed by atoms with Gasteiger partial charge < -0.3 is 10.2 Å². The Morgan fingerprint density at radius 1 is 1.36 bits per heavy atom. The van der Waals surface area contributed by atoms with Gasteiger partial charge in [0.2, 0.25) is 10.0 Å². The highest BCUT2D eigenvalue weighted by atomic mass is 32.2. The van der Waals surface area contributed by atoms with E-state index in [-0.39, 0.29) is 23.5 Å². The minimum atomic E-state index is -3.58. The second-order valence-corrected chi connectivity index (χ2v) is 8.37. The number of fused-ring (bicyclic) bond motifs is 1. The minimum Gasteiger partial charge on any atom is -0.385 e. The Hall–Kier alpha value is -2.20. The maximum absolute atomic E-state index is 12.2. The van der Waals surface area contributed by atoms with Crippen molar-refractivity contribution in [2.45, 2.75) is 36.6 Å². The van der Waals surface area contributed by atoms with Gasteiger partial charge in [-0.15, -0.1) is 5.10 Å². The Morgan fingerprint density at radius 3 is 2.76 bits per heavy atom. The van der Waals surface area contributed by atoms with Crippen molar-refractivity contribution in [1.82, 2.24) is 24.8 Å². The molecule has 9 nitrogen and oxygen atoms in total. The van der Waals surface area contributed by atoms with Crippen LogP contribution in [-0.2, 0) is 14.8 Å². The van der Waals surface area contributed by atoms with Gasteiger partial charge in [-0.25, -0.2) is 12.7 Å². The first-order valence-corrected chi connectivity index (χ1v) is 9.52. The van der Waals surface area contributed by atoms with E-state index in [1.807, 2.05) is 0 Å². The van der Waals surface area contributed by atoms with Crippen molar-refractivity contribution in [2.75, 3.05) is 20.7 Å². The fourth-order valence-corrected chi connectivity index (χ4v) is 3.73. The lowest BCUT2D eigenvalue weighted by atomic mass is 10.2. The van der Waals surface area contributed by atoms with Gasteiger partial charge in [0.05, 0.1) is 4.90 Å². The van der Waals surface area contributed by atoms with Gasteiger partial charge in [0, 0.05) is 20.1 Å². The third-order valence-corrected chi connectivity index (χ3v) is 6.01. The molecule has 0 spiro atoms. The number of carbonyl (C=O) groups excluding carboxylic acids is 1. The van der Waals surface area contributed by atoms with E-state index in [0.717, 1.165) is 34.8 Å². The van der Waals surface area contributed by atoms with E-state index in [4.69, 9.17) is 4.84 Å². The van der Waals surface area contributed by atoms with E-state index < -0.39 is 10.0 Å². The second-order valence-electron chi connectivity index (χ2n) is 6.22. The molecule has 1 aliphatic carbocycles. The smallest absolute Gasteiger partial charge is 0.260 e. The molecule has 0 bridgehead atoms. The Kier molecular flexibility index (Phi) is 4.91. The molecule has 2 aromatic rings. The van der Waals surface area contributed by atoms with Crippen LogP contribution in [0.25, 0.3) is 11.0 Å². The van der Waals surface area contributed by atoms with Gasteiger partial charge in [-0.2, -0.15) is 0 Å². The van der Waals surface area contributed by atoms with Crippen molar-refractivity contribution < 1.29 is 18.0 Å². The Balaban J connectivity index is 1.74. The fourth-order valence-electron chi connectivity index (χ4n) is 2.80. The van der Waals surface area contributed by atoms with Crippen molar-refractivity contribution in [1.29, 1.82) is 0 Å². The van der Waals surface area contributed by atoms with Crippen molar-refractivity contribution in [3.05, 3.63) is 18.2 Å². The van der Waals surface area contributed by atoms with Crippen LogP contribution >= 0.6 is 0 Å². The summed E-state index contributed by atoms with van der Waals surface area (Å²) in [5, 5.41) is 10.7. The summed E-state index contributed by atoms with van der Waals surface area (Å²) >= 11 is 0. The summed E-state index contributed by atoms with van der Waals surface area (Å²) in [4.78, 5) is 18.5. The third kappa shape index (κ3) is 3.74. The predicted molar refractivity (Wildman–Crippen MR) is 90.2 cm³/mol. The molecule has 1 aromatic carbocycles. The summed E-state index contributed by atoms with van der Waals surface area (Å²) in [6.45, 7) is -0.209. The zero-order valence-electron chi connectivity index (χ0n) is 14.2. The molecule has 25 heavy (non-hydrogen) atoms. The van der Waals surface area contributed by atoms with Crippen molar-refractivity contribution in [3.8, 4) is 0 Å². The average Bonchev–Trinajstić information content (AvgIpc) is 3.21. The fraction of sp³-hybridized carbons (Fsp3) is 0.533. The van der Waals surface area contributed by atoms with Gasteiger partial charge in [0.1, 0.15) is 11.0 Å². The summed E-state index contributed by atoms with van der Waals surface area (Å²) < 4.78 is 25.6. The van der Waals surface area contributed by atoms with Crippen LogP contribution in [0.5, 0.6) is 0 Å². The number of carbonyl (C=O) groups is 1. The van der Waals surface area contributed by atoms with Gasteiger partial charge in [0.15, 0.2) is 6.61 Å². The van der Waals surface area contributed by atoms with Crippen molar-refractivity contribution in [2.24, 2.45) is 0 Å². The molecular formula is C15H21N5O4S. The zero-order chi connectivity index (χ0) is 18.0. The molecule has 10 heteroatoms. The maximum atomic E-state index is 12.2. The molecule has 1 heterocycles. The Morgan fingerprint density at radius 2 is 2.08 bits per heavy atom. The van der Waals surface area contributed by atoms with Gasteiger partial charge in [-0.1, -0.05) is 17.7 Å². The van der Waals surface area contributed by atoms with Crippen molar-refractivity contribution >= 4 is 27.0 Å². The summed E-state index contributed by atoms with van der Waals surface area (Å²) in [5.41, 5.74) is 0.866. The van der Waals surface area contributed by atoms with Crippen LogP contribution in [0.2, 0.25) is 0 Å². The molecule has 0 atom stereocenters. The highest BCUT2D eigenvalue weighted by Gasteiger charge is 2.20. The van der Waals surface area contributed by atoms with Gasteiger partial charge in [-0.3, -0.25) is 4.79 Å². The zero-order valence-corrected chi connectivity index (χ0v) is 15.0. The van der Waals surface area contributed by atoms with Crippen LogP contribution in [0.15, 0.2) is 23.1 Å². The number of hydrogen-bond acceptors (Lipinski definition) is 6. The number of sulfonamides is 1. The van der Waals surface area contributed by atoms with Crippen LogP contribution in [0.4, 0.5) is 0 Å². The number of benzene rings is 1. The largest absolute Gasteiger partial charge is 0.385 e. The molecule has 1 fully saturated rings. The highest BCUT2D eigenvalue weighted by Crippen LogP contribution is 2.19. The first-order chi connectivity index (χ1) is 11.9. The summed E-state index contributed by atoms with van der Waals surface area (Å²) in [6, 6.07) is 4.65. The van der Waals surface area contributed by atoms with E-state index in [0.29, 0.717) is 11.0 Å². The van der Waals surface area contributed by atoms with Crippen LogP contribution in [-0.4, -0.2) is 60.5 Å². The first-order valence-electron chi connectivity index (χ1n) is 8.08. The second kappa shape index (κ2) is 6.96. The topological polar surface area (TPSA) is 106 Å². The Bertz CT molecular complexity index is 871. The number of hydrogen-bond donors (Lipinski definition) is 1. The standard InChI is InChI=1S/C15H21N5O4S/c1-19(2)25(22,23)12-7-8-13-14(9-12)20(18-17-13)24-10-15(21)16-11-5-3-4-6-11/h7-9,11H,3-6,10H2,1-2H3,(H,16,21). The SMILES string of the molecule is CN(C)S(=O)(=O)c1ccc2nnn(OCC(=O)NC3CCCC3)c2c1. The first kappa shape index (κ1) is 17.6. The molecule has 0 aliphatic heterocycles. The van der Waals surface area contributed by atoms with E-state index in [9.17, 15) is 13.2 Å². The number of amides is 1. The van der Waals surface area contributed by atoms with E-state index in [1.165, 1.54) is 26.2 Å². The van der Waals surface area contributed by atoms with Crippen LogP contribution < -0.4 is 10.2 Å². The van der Waals surface area contributed by atoms with Crippen molar-refractivity contribution in [3.63, 3.8) is 0 Å². The van der Waals surface area contributed by atoms with Gasteiger partial charge in [0.25, 0.3) is 5.91 Å². The van der Waals surface area contributed by atoms with Gasteiger partial charge >= 0.3 is 0 Å². The maximum Gasteiger partial charge on any atom is 0.260 e. The number of nitrogens with one attached hydrogen (secondary N) is 1. The van der Waals surface area contributed by atoms with Crippen LogP contribution in [0, 0.1) is 0 Å². The quantitative estimate of drug-likeness (QED) is 0.780. The molecule has 1 amide bonds. The Labute approximate surface area is 145 Å². The molecule has 1 N–H and O–H groups in total. The van der Waals surface area contributed by atoms with E-state index in [1.54, 1.807) is 6.07 Å². The number of aromatic nitrogens is 3. The third-order valence-electron chi connectivity index (χ3n) is 4.20. The van der Waals surface area contributed by atoms with Crippen LogP contribution in [0.1, 0.15) is 25.7 Å². The number of nitrogens with zero attached hydrogens (tertiary/aromatic N) is 4. The average molecular weight is 367 g/mol.